The van der Waals surface area contributed by atoms with Crippen LogP contribution in [0.3, 0.4) is 0 Å². The third-order valence-electron chi connectivity index (χ3n) is 2.23. The molecule has 4 nitrogen and oxygen atoms in total. The van der Waals surface area contributed by atoms with Crippen molar-refractivity contribution in [3.63, 3.8) is 0 Å². The van der Waals surface area contributed by atoms with E-state index < -0.39 is 0 Å². The van der Waals surface area contributed by atoms with Gasteiger partial charge in [0.2, 0.25) is 0 Å². The summed E-state index contributed by atoms with van der Waals surface area (Å²) in [5.74, 6) is 2.12. The lowest BCUT2D eigenvalue weighted by atomic mass is 10.2. The average molecular weight is 247 g/mol. The molecule has 0 fully saturated rings. The number of methoxy groups -OCH3 is 1. The van der Waals surface area contributed by atoms with Gasteiger partial charge in [-0.15, -0.1) is 10.2 Å². The maximum atomic E-state index is 5.48. The molecule has 1 aromatic heterocycles. The first kappa shape index (κ1) is 11.7. The fourth-order valence-electron chi connectivity index (χ4n) is 1.38. The van der Waals surface area contributed by atoms with Crippen molar-refractivity contribution in [2.75, 3.05) is 12.8 Å². The minimum atomic E-state index is 0.437. The molecule has 0 aliphatic carbocycles. The number of nitrogens with zero attached hydrogens (tertiary/aromatic N) is 2. The number of rotatable bonds is 4. The number of nitrogens with two attached hydrogens (primary N) is 1. The molecule has 88 valence electrons. The Balaban J connectivity index is 2.04. The summed E-state index contributed by atoms with van der Waals surface area (Å²) in [5.41, 5.74) is 6.61. The number of benzene rings is 1. The van der Waals surface area contributed by atoms with Gasteiger partial charge >= 0.3 is 0 Å². The molecule has 0 saturated carbocycles. The molecule has 0 aliphatic heterocycles. The summed E-state index contributed by atoms with van der Waals surface area (Å²) in [5, 5.41) is 8.66. The van der Waals surface area contributed by atoms with Gasteiger partial charge in [-0.3, -0.25) is 0 Å². The van der Waals surface area contributed by atoms with E-state index in [2.05, 4.69) is 10.2 Å². The van der Waals surface area contributed by atoms with Gasteiger partial charge in [-0.25, -0.2) is 0 Å². The minimum Gasteiger partial charge on any atom is -0.496 e. The van der Waals surface area contributed by atoms with Crippen LogP contribution in [0, 0.1) is 0 Å². The van der Waals surface area contributed by atoms with Crippen LogP contribution in [0.15, 0.2) is 41.4 Å². The maximum absolute atomic E-state index is 5.48. The van der Waals surface area contributed by atoms with Crippen LogP contribution in [0.4, 0.5) is 5.82 Å². The molecule has 2 aromatic rings. The lowest BCUT2D eigenvalue weighted by Crippen LogP contribution is -1.94. The van der Waals surface area contributed by atoms with Crippen LogP contribution in [0.5, 0.6) is 5.75 Å². The summed E-state index contributed by atoms with van der Waals surface area (Å²) in [4.78, 5) is 0. The highest BCUT2D eigenvalue weighted by molar-refractivity contribution is 7.98. The second-order valence-corrected chi connectivity index (χ2v) is 4.39. The summed E-state index contributed by atoms with van der Waals surface area (Å²) >= 11 is 1.60. The third kappa shape index (κ3) is 3.10. The van der Waals surface area contributed by atoms with Crippen LogP contribution in [0.1, 0.15) is 5.56 Å². The largest absolute Gasteiger partial charge is 0.496 e. The SMILES string of the molecule is COc1ccccc1CSc1ccc(N)nn1. The number of ether oxygens (including phenoxy) is 1. The van der Waals surface area contributed by atoms with Crippen molar-refractivity contribution in [1.29, 1.82) is 0 Å². The Morgan fingerprint density at radius 2 is 2.00 bits per heavy atom. The summed E-state index contributed by atoms with van der Waals surface area (Å²) in [6.07, 6.45) is 0. The third-order valence-corrected chi connectivity index (χ3v) is 3.20. The smallest absolute Gasteiger partial charge is 0.146 e. The number of nitrogen functional groups attached to an aromatic ring is 1. The number of hydrogen-bond donors (Lipinski definition) is 1. The second-order valence-electron chi connectivity index (χ2n) is 3.40. The number of hydrogen-bond acceptors (Lipinski definition) is 5. The zero-order chi connectivity index (χ0) is 12.1. The van der Waals surface area contributed by atoms with Gasteiger partial charge in [0.15, 0.2) is 0 Å². The average Bonchev–Trinajstić information content (AvgIpc) is 2.38. The molecule has 2 N–H and O–H groups in total. The van der Waals surface area contributed by atoms with E-state index >= 15 is 0 Å². The van der Waals surface area contributed by atoms with Crippen LogP contribution in [0.25, 0.3) is 0 Å². The summed E-state index contributed by atoms with van der Waals surface area (Å²) < 4.78 is 5.28. The van der Waals surface area contributed by atoms with Gasteiger partial charge < -0.3 is 10.5 Å². The van der Waals surface area contributed by atoms with Gasteiger partial charge in [0.05, 0.1) is 7.11 Å². The molecule has 1 heterocycles. The van der Waals surface area contributed by atoms with Crippen LogP contribution in [-0.2, 0) is 5.75 Å². The topological polar surface area (TPSA) is 61.0 Å². The van der Waals surface area contributed by atoms with Gasteiger partial charge in [-0.2, -0.15) is 0 Å². The van der Waals surface area contributed by atoms with Crippen LogP contribution >= 0.6 is 11.8 Å². The summed E-state index contributed by atoms with van der Waals surface area (Å²) in [7, 11) is 1.67. The number of anilines is 1. The second kappa shape index (κ2) is 5.54. The number of thioether (sulfide) groups is 1. The zero-order valence-electron chi connectivity index (χ0n) is 9.46. The molecule has 0 bridgehead atoms. The molecular weight excluding hydrogens is 234 g/mol. The van der Waals surface area contributed by atoms with E-state index in [4.69, 9.17) is 10.5 Å². The van der Waals surface area contributed by atoms with E-state index in [-0.39, 0.29) is 0 Å². The highest BCUT2D eigenvalue weighted by atomic mass is 32.2. The van der Waals surface area contributed by atoms with Crippen LogP contribution in [0.2, 0.25) is 0 Å². The Bertz CT molecular complexity index is 487. The molecule has 0 unspecified atom stereocenters. The van der Waals surface area contributed by atoms with Crippen LogP contribution in [-0.4, -0.2) is 17.3 Å². The van der Waals surface area contributed by atoms with E-state index in [0.29, 0.717) is 5.82 Å². The van der Waals surface area contributed by atoms with Crippen molar-refractivity contribution >= 4 is 17.6 Å². The summed E-state index contributed by atoms with van der Waals surface area (Å²) in [6, 6.07) is 11.5. The van der Waals surface area contributed by atoms with Gasteiger partial charge in [0, 0.05) is 11.3 Å². The molecule has 0 radical (unpaired) electrons. The van der Waals surface area contributed by atoms with E-state index in [0.717, 1.165) is 22.1 Å². The predicted molar refractivity (Wildman–Crippen MR) is 69.0 cm³/mol. The Morgan fingerprint density at radius 1 is 1.18 bits per heavy atom. The molecule has 17 heavy (non-hydrogen) atoms. The Morgan fingerprint density at radius 3 is 2.71 bits per heavy atom. The molecule has 0 atom stereocenters. The summed E-state index contributed by atoms with van der Waals surface area (Å²) in [6.45, 7) is 0. The van der Waals surface area contributed by atoms with Crippen molar-refractivity contribution < 1.29 is 4.74 Å². The maximum Gasteiger partial charge on any atom is 0.146 e. The molecular formula is C12H13N3OS. The van der Waals surface area contributed by atoms with Gasteiger partial charge in [0.25, 0.3) is 0 Å². The molecule has 0 aliphatic rings. The normalized spacial score (nSPS) is 10.2. The van der Waals surface area contributed by atoms with Crippen molar-refractivity contribution in [3.8, 4) is 5.75 Å². The monoisotopic (exact) mass is 247 g/mol. The Hall–Kier alpha value is -1.75. The van der Waals surface area contributed by atoms with Crippen molar-refractivity contribution in [1.82, 2.24) is 10.2 Å². The standard InChI is InChI=1S/C12H13N3OS/c1-16-10-5-3-2-4-9(10)8-17-12-7-6-11(13)14-15-12/h2-7H,8H2,1H3,(H2,13,14). The van der Waals surface area contributed by atoms with Gasteiger partial charge in [-0.05, 0) is 18.2 Å². The molecule has 1 aromatic carbocycles. The van der Waals surface area contributed by atoms with E-state index in [1.807, 2.05) is 30.3 Å². The minimum absolute atomic E-state index is 0.437. The van der Waals surface area contributed by atoms with Crippen molar-refractivity contribution in [3.05, 3.63) is 42.0 Å². The first-order valence-electron chi connectivity index (χ1n) is 5.13. The first-order valence-corrected chi connectivity index (χ1v) is 6.12. The van der Waals surface area contributed by atoms with E-state index in [1.54, 1.807) is 24.9 Å². The molecule has 5 heteroatoms. The van der Waals surface area contributed by atoms with Gasteiger partial charge in [-0.1, -0.05) is 30.0 Å². The lowest BCUT2D eigenvalue weighted by molar-refractivity contribution is 0.411. The fourth-order valence-corrected chi connectivity index (χ4v) is 2.19. The van der Waals surface area contributed by atoms with E-state index in [9.17, 15) is 0 Å². The highest BCUT2D eigenvalue weighted by Crippen LogP contribution is 2.26. The molecule has 2 rings (SSSR count). The van der Waals surface area contributed by atoms with Gasteiger partial charge in [0.1, 0.15) is 16.6 Å². The quantitative estimate of drug-likeness (QED) is 0.840. The van der Waals surface area contributed by atoms with E-state index in [1.165, 1.54) is 0 Å². The Kier molecular flexibility index (Phi) is 3.82. The number of aromatic nitrogens is 2. The zero-order valence-corrected chi connectivity index (χ0v) is 10.3. The van der Waals surface area contributed by atoms with Crippen LogP contribution < -0.4 is 10.5 Å². The fraction of sp³-hybridized carbons (Fsp3) is 0.167. The lowest BCUT2D eigenvalue weighted by Gasteiger charge is -2.07. The Labute approximate surface area is 104 Å². The molecule has 0 amide bonds. The van der Waals surface area contributed by atoms with Crippen molar-refractivity contribution in [2.45, 2.75) is 10.8 Å². The first-order chi connectivity index (χ1) is 8.29. The van der Waals surface area contributed by atoms with Crippen molar-refractivity contribution in [2.24, 2.45) is 0 Å². The number of para-hydroxylation sites is 1. The molecule has 0 saturated heterocycles. The highest BCUT2D eigenvalue weighted by Gasteiger charge is 2.03. The predicted octanol–water partition coefficient (Wildman–Crippen LogP) is 2.36. The molecule has 0 spiro atoms.